The molecule has 0 aliphatic heterocycles. The maximum absolute atomic E-state index is 11.0. The molecule has 1 heterocycles. The molecule has 0 amide bonds. The zero-order valence-electron chi connectivity index (χ0n) is 8.20. The van der Waals surface area contributed by atoms with Crippen molar-refractivity contribution in [2.24, 2.45) is 0 Å². The second-order valence-electron chi connectivity index (χ2n) is 2.94. The Morgan fingerprint density at radius 2 is 2.38 bits per heavy atom. The molecule has 0 spiro atoms. The van der Waals surface area contributed by atoms with Crippen LogP contribution in [0, 0.1) is 6.92 Å². The van der Waals surface area contributed by atoms with Crippen molar-refractivity contribution in [2.45, 2.75) is 20.4 Å². The number of carbonyl (C=O) groups is 1. The average Bonchev–Trinajstić information content (AvgIpc) is 2.44. The van der Waals surface area contributed by atoms with Crippen LogP contribution in [0.4, 0.5) is 0 Å². The van der Waals surface area contributed by atoms with Crippen LogP contribution in [0.3, 0.4) is 0 Å². The first-order chi connectivity index (χ1) is 6.15. The van der Waals surface area contributed by atoms with Crippen LogP contribution in [0.2, 0.25) is 0 Å². The van der Waals surface area contributed by atoms with Crippen LogP contribution in [-0.2, 0) is 6.54 Å². The summed E-state index contributed by atoms with van der Waals surface area (Å²) >= 11 is 1.78. The smallest absolute Gasteiger partial charge is 0.179 e. The number of ketones is 1. The van der Waals surface area contributed by atoms with Crippen LogP contribution in [0.1, 0.15) is 23.1 Å². The van der Waals surface area contributed by atoms with Gasteiger partial charge in [-0.25, -0.2) is 0 Å². The van der Waals surface area contributed by atoms with Crippen molar-refractivity contribution in [3.63, 3.8) is 0 Å². The second kappa shape index (κ2) is 4.46. The Hall–Kier alpha value is -0.770. The summed E-state index contributed by atoms with van der Waals surface area (Å²) in [5, 5.41) is 4.20. The molecule has 3 nitrogen and oxygen atoms in total. The number of aryl methyl sites for hydroxylation is 2. The minimum atomic E-state index is 0.0333. The lowest BCUT2D eigenvalue weighted by Crippen LogP contribution is -2.05. The molecule has 0 aliphatic carbocycles. The van der Waals surface area contributed by atoms with Crippen LogP contribution in [0.25, 0.3) is 0 Å². The summed E-state index contributed by atoms with van der Waals surface area (Å²) in [4.78, 5) is 11.0. The molecule has 0 saturated carbocycles. The van der Waals surface area contributed by atoms with Crippen LogP contribution < -0.4 is 0 Å². The van der Waals surface area contributed by atoms with Crippen molar-refractivity contribution >= 4 is 17.5 Å². The van der Waals surface area contributed by atoms with E-state index in [1.54, 1.807) is 18.7 Å². The van der Waals surface area contributed by atoms with Crippen molar-refractivity contribution in [1.82, 2.24) is 9.78 Å². The van der Waals surface area contributed by atoms with Gasteiger partial charge in [0.05, 0.1) is 6.54 Å². The van der Waals surface area contributed by atoms with E-state index in [1.807, 2.05) is 17.7 Å². The zero-order valence-corrected chi connectivity index (χ0v) is 9.02. The van der Waals surface area contributed by atoms with Gasteiger partial charge in [-0.05, 0) is 19.2 Å². The summed E-state index contributed by atoms with van der Waals surface area (Å²) < 4.78 is 1.88. The summed E-state index contributed by atoms with van der Waals surface area (Å²) in [5.41, 5.74) is 1.62. The highest BCUT2D eigenvalue weighted by Gasteiger charge is 2.06. The van der Waals surface area contributed by atoms with E-state index in [0.29, 0.717) is 5.69 Å². The molecule has 0 fully saturated rings. The molecular weight excluding hydrogens is 184 g/mol. The van der Waals surface area contributed by atoms with E-state index in [2.05, 4.69) is 11.4 Å². The normalized spacial score (nSPS) is 10.4. The molecule has 13 heavy (non-hydrogen) atoms. The van der Waals surface area contributed by atoms with E-state index in [1.165, 1.54) is 0 Å². The van der Waals surface area contributed by atoms with Crippen molar-refractivity contribution in [3.05, 3.63) is 17.5 Å². The topological polar surface area (TPSA) is 34.9 Å². The van der Waals surface area contributed by atoms with Gasteiger partial charge in [-0.2, -0.15) is 16.9 Å². The Kier molecular flexibility index (Phi) is 3.54. The molecule has 0 atom stereocenters. The van der Waals surface area contributed by atoms with E-state index in [-0.39, 0.29) is 5.78 Å². The van der Waals surface area contributed by atoms with E-state index in [9.17, 15) is 4.79 Å². The SMILES string of the molecule is CSCCn1nc(C(C)=O)cc1C. The van der Waals surface area contributed by atoms with Crippen LogP contribution >= 0.6 is 11.8 Å². The van der Waals surface area contributed by atoms with Gasteiger partial charge in [-0.15, -0.1) is 0 Å². The fourth-order valence-corrected chi connectivity index (χ4v) is 1.44. The Morgan fingerprint density at radius 1 is 1.69 bits per heavy atom. The van der Waals surface area contributed by atoms with Gasteiger partial charge in [0.1, 0.15) is 5.69 Å². The van der Waals surface area contributed by atoms with Crippen LogP contribution in [0.5, 0.6) is 0 Å². The van der Waals surface area contributed by atoms with Gasteiger partial charge in [-0.3, -0.25) is 9.48 Å². The van der Waals surface area contributed by atoms with E-state index in [0.717, 1.165) is 18.0 Å². The van der Waals surface area contributed by atoms with Crippen molar-refractivity contribution in [2.75, 3.05) is 12.0 Å². The number of thioether (sulfide) groups is 1. The van der Waals surface area contributed by atoms with Crippen LogP contribution in [0.15, 0.2) is 6.07 Å². The lowest BCUT2D eigenvalue weighted by atomic mass is 10.3. The highest BCUT2D eigenvalue weighted by molar-refractivity contribution is 7.98. The fourth-order valence-electron chi connectivity index (χ4n) is 1.09. The summed E-state index contributed by atoms with van der Waals surface area (Å²) in [7, 11) is 0. The third-order valence-electron chi connectivity index (χ3n) is 1.85. The standard InChI is InChI=1S/C9H14N2OS/c1-7-6-9(8(2)12)10-11(7)4-5-13-3/h6H,4-5H2,1-3H3. The Labute approximate surface area is 82.5 Å². The molecule has 1 aromatic rings. The van der Waals surface area contributed by atoms with Crippen LogP contribution in [-0.4, -0.2) is 27.6 Å². The first kappa shape index (κ1) is 10.3. The number of Topliss-reactive ketones (excluding diaryl/α,β-unsaturated/α-hetero) is 1. The zero-order chi connectivity index (χ0) is 9.84. The predicted molar refractivity (Wildman–Crippen MR) is 55.4 cm³/mol. The summed E-state index contributed by atoms with van der Waals surface area (Å²) in [5.74, 6) is 1.06. The van der Waals surface area contributed by atoms with Gasteiger partial charge in [0.25, 0.3) is 0 Å². The lowest BCUT2D eigenvalue weighted by molar-refractivity contribution is 0.101. The second-order valence-corrected chi connectivity index (χ2v) is 3.93. The monoisotopic (exact) mass is 198 g/mol. The molecule has 4 heteroatoms. The number of hydrogen-bond donors (Lipinski definition) is 0. The average molecular weight is 198 g/mol. The van der Waals surface area contributed by atoms with Crippen molar-refractivity contribution in [1.29, 1.82) is 0 Å². The van der Waals surface area contributed by atoms with Gasteiger partial charge in [0.2, 0.25) is 0 Å². The largest absolute Gasteiger partial charge is 0.293 e. The number of carbonyl (C=O) groups excluding carboxylic acids is 1. The molecule has 0 bridgehead atoms. The molecule has 1 aromatic heterocycles. The molecule has 72 valence electrons. The summed E-state index contributed by atoms with van der Waals surface area (Å²) in [6.45, 7) is 4.39. The number of hydrogen-bond acceptors (Lipinski definition) is 3. The van der Waals surface area contributed by atoms with Gasteiger partial charge >= 0.3 is 0 Å². The minimum absolute atomic E-state index is 0.0333. The molecular formula is C9H14N2OS. The Bertz CT molecular complexity index is 307. The Morgan fingerprint density at radius 3 is 2.85 bits per heavy atom. The highest BCUT2D eigenvalue weighted by Crippen LogP contribution is 2.05. The number of aromatic nitrogens is 2. The van der Waals surface area contributed by atoms with Gasteiger partial charge < -0.3 is 0 Å². The van der Waals surface area contributed by atoms with E-state index in [4.69, 9.17) is 0 Å². The number of nitrogens with zero attached hydrogens (tertiary/aromatic N) is 2. The summed E-state index contributed by atoms with van der Waals surface area (Å²) in [6.07, 6.45) is 2.06. The number of rotatable bonds is 4. The molecule has 0 aromatic carbocycles. The highest BCUT2D eigenvalue weighted by atomic mass is 32.2. The lowest BCUT2D eigenvalue weighted by Gasteiger charge is -2.00. The van der Waals surface area contributed by atoms with Gasteiger partial charge in [0, 0.05) is 18.4 Å². The third-order valence-corrected chi connectivity index (χ3v) is 2.44. The van der Waals surface area contributed by atoms with Gasteiger partial charge in [-0.1, -0.05) is 0 Å². The van der Waals surface area contributed by atoms with Crippen molar-refractivity contribution in [3.8, 4) is 0 Å². The Balaban J connectivity index is 2.77. The first-order valence-electron chi connectivity index (χ1n) is 4.19. The molecule has 0 N–H and O–H groups in total. The van der Waals surface area contributed by atoms with E-state index < -0.39 is 0 Å². The predicted octanol–water partition coefficient (Wildman–Crippen LogP) is 1.76. The maximum atomic E-state index is 11.0. The first-order valence-corrected chi connectivity index (χ1v) is 5.59. The molecule has 0 aliphatic rings. The van der Waals surface area contributed by atoms with Gasteiger partial charge in [0.15, 0.2) is 5.78 Å². The quantitative estimate of drug-likeness (QED) is 0.691. The summed E-state index contributed by atoms with van der Waals surface area (Å²) in [6, 6.07) is 1.84. The van der Waals surface area contributed by atoms with E-state index >= 15 is 0 Å². The minimum Gasteiger partial charge on any atom is -0.293 e. The third kappa shape index (κ3) is 2.59. The molecule has 0 radical (unpaired) electrons. The fraction of sp³-hybridized carbons (Fsp3) is 0.556. The molecule has 1 rings (SSSR count). The molecule has 0 unspecified atom stereocenters. The van der Waals surface area contributed by atoms with Crippen molar-refractivity contribution < 1.29 is 4.79 Å². The molecule has 0 saturated heterocycles. The maximum Gasteiger partial charge on any atom is 0.179 e.